The van der Waals surface area contributed by atoms with Crippen LogP contribution in [-0.2, 0) is 6.42 Å². The van der Waals surface area contributed by atoms with E-state index in [1.807, 2.05) is 0 Å². The zero-order valence-electron chi connectivity index (χ0n) is 8.73. The lowest BCUT2D eigenvalue weighted by atomic mass is 9.96. The van der Waals surface area contributed by atoms with E-state index in [9.17, 15) is 0 Å². The molecule has 0 radical (unpaired) electrons. The Morgan fingerprint density at radius 3 is 2.86 bits per heavy atom. The van der Waals surface area contributed by atoms with E-state index in [1.54, 1.807) is 0 Å². The summed E-state index contributed by atoms with van der Waals surface area (Å²) in [6.45, 7) is 5.40. The molecule has 1 heterocycles. The first-order valence-electron chi connectivity index (χ1n) is 5.25. The molecule has 0 fully saturated rings. The highest BCUT2D eigenvalue weighted by Gasteiger charge is 2.15. The van der Waals surface area contributed by atoms with E-state index in [2.05, 4.69) is 31.3 Å². The van der Waals surface area contributed by atoms with Crippen molar-refractivity contribution in [2.24, 2.45) is 0 Å². The SMILES string of the molecule is CC(C)c1ccc2c(c1Cl)NCCC2. The lowest BCUT2D eigenvalue weighted by molar-refractivity contribution is 0.819. The van der Waals surface area contributed by atoms with Gasteiger partial charge in [-0.3, -0.25) is 0 Å². The van der Waals surface area contributed by atoms with Gasteiger partial charge >= 0.3 is 0 Å². The minimum atomic E-state index is 0.497. The lowest BCUT2D eigenvalue weighted by Gasteiger charge is -2.22. The average molecular weight is 210 g/mol. The van der Waals surface area contributed by atoms with Crippen LogP contribution < -0.4 is 5.32 Å². The molecule has 1 N–H and O–H groups in total. The molecular weight excluding hydrogens is 194 g/mol. The van der Waals surface area contributed by atoms with Crippen molar-refractivity contribution in [3.05, 3.63) is 28.3 Å². The molecule has 14 heavy (non-hydrogen) atoms. The predicted molar refractivity (Wildman–Crippen MR) is 62.4 cm³/mol. The summed E-state index contributed by atoms with van der Waals surface area (Å²) in [5.41, 5.74) is 3.79. The zero-order valence-corrected chi connectivity index (χ0v) is 9.49. The standard InChI is InChI=1S/C12H16ClN/c1-8(2)10-6-5-9-4-3-7-14-12(9)11(10)13/h5-6,8,14H,3-4,7H2,1-2H3. The van der Waals surface area contributed by atoms with Crippen molar-refractivity contribution in [2.75, 3.05) is 11.9 Å². The molecule has 1 aromatic carbocycles. The number of benzene rings is 1. The van der Waals surface area contributed by atoms with Crippen LogP contribution in [-0.4, -0.2) is 6.54 Å². The minimum absolute atomic E-state index is 0.497. The topological polar surface area (TPSA) is 12.0 Å². The first-order valence-corrected chi connectivity index (χ1v) is 5.63. The van der Waals surface area contributed by atoms with Gasteiger partial charge in [-0.15, -0.1) is 0 Å². The van der Waals surface area contributed by atoms with E-state index >= 15 is 0 Å². The highest BCUT2D eigenvalue weighted by Crippen LogP contribution is 2.35. The quantitative estimate of drug-likeness (QED) is 0.742. The van der Waals surface area contributed by atoms with Crippen molar-refractivity contribution >= 4 is 17.3 Å². The number of hydrogen-bond donors (Lipinski definition) is 1. The van der Waals surface area contributed by atoms with Gasteiger partial charge in [-0.05, 0) is 29.9 Å². The Morgan fingerprint density at radius 2 is 2.14 bits per heavy atom. The first kappa shape index (κ1) is 9.85. The van der Waals surface area contributed by atoms with Crippen LogP contribution in [0.5, 0.6) is 0 Å². The number of rotatable bonds is 1. The third-order valence-electron chi connectivity index (χ3n) is 2.80. The molecule has 2 heteroatoms. The van der Waals surface area contributed by atoms with Crippen molar-refractivity contribution in [3.63, 3.8) is 0 Å². The van der Waals surface area contributed by atoms with Crippen LogP contribution in [0.25, 0.3) is 0 Å². The molecule has 0 atom stereocenters. The molecule has 2 rings (SSSR count). The fraction of sp³-hybridized carbons (Fsp3) is 0.500. The molecular formula is C12H16ClN. The van der Waals surface area contributed by atoms with Crippen LogP contribution in [0.4, 0.5) is 5.69 Å². The maximum atomic E-state index is 6.36. The minimum Gasteiger partial charge on any atom is -0.384 e. The maximum Gasteiger partial charge on any atom is 0.0674 e. The summed E-state index contributed by atoms with van der Waals surface area (Å²) in [4.78, 5) is 0. The number of nitrogens with one attached hydrogen (secondary N) is 1. The lowest BCUT2D eigenvalue weighted by Crippen LogP contribution is -2.12. The molecule has 0 unspecified atom stereocenters. The Labute approximate surface area is 90.5 Å². The van der Waals surface area contributed by atoms with E-state index < -0.39 is 0 Å². The van der Waals surface area contributed by atoms with E-state index in [1.165, 1.54) is 23.2 Å². The van der Waals surface area contributed by atoms with Gasteiger partial charge in [0.1, 0.15) is 0 Å². The van der Waals surface area contributed by atoms with Gasteiger partial charge in [0.05, 0.1) is 10.7 Å². The first-order chi connectivity index (χ1) is 6.70. The maximum absolute atomic E-state index is 6.36. The molecule has 0 bridgehead atoms. The second kappa shape index (κ2) is 3.82. The number of aryl methyl sites for hydroxylation is 1. The van der Waals surface area contributed by atoms with Gasteiger partial charge in [0.2, 0.25) is 0 Å². The fourth-order valence-corrected chi connectivity index (χ4v) is 2.44. The van der Waals surface area contributed by atoms with E-state index in [4.69, 9.17) is 11.6 Å². The number of anilines is 1. The fourth-order valence-electron chi connectivity index (χ4n) is 1.97. The van der Waals surface area contributed by atoms with Crippen molar-refractivity contribution in [1.82, 2.24) is 0 Å². The highest BCUT2D eigenvalue weighted by atomic mass is 35.5. The Morgan fingerprint density at radius 1 is 1.36 bits per heavy atom. The van der Waals surface area contributed by atoms with E-state index in [-0.39, 0.29) is 0 Å². The molecule has 0 spiro atoms. The molecule has 0 aliphatic carbocycles. The smallest absolute Gasteiger partial charge is 0.0674 e. The highest BCUT2D eigenvalue weighted by molar-refractivity contribution is 6.34. The summed E-state index contributed by atoms with van der Waals surface area (Å²) in [6.07, 6.45) is 2.37. The summed E-state index contributed by atoms with van der Waals surface area (Å²) >= 11 is 6.36. The average Bonchev–Trinajstić information content (AvgIpc) is 2.18. The van der Waals surface area contributed by atoms with Gasteiger partial charge in [-0.2, -0.15) is 0 Å². The van der Waals surface area contributed by atoms with E-state index in [0.717, 1.165) is 18.0 Å². The summed E-state index contributed by atoms with van der Waals surface area (Å²) < 4.78 is 0. The van der Waals surface area contributed by atoms with Crippen LogP contribution in [0.2, 0.25) is 5.02 Å². The van der Waals surface area contributed by atoms with Gasteiger partial charge in [0, 0.05) is 6.54 Å². The number of hydrogen-bond acceptors (Lipinski definition) is 1. The van der Waals surface area contributed by atoms with Crippen LogP contribution in [0, 0.1) is 0 Å². The molecule has 1 nitrogen and oxygen atoms in total. The third kappa shape index (κ3) is 1.61. The van der Waals surface area contributed by atoms with E-state index in [0.29, 0.717) is 5.92 Å². The molecule has 1 aliphatic heterocycles. The summed E-state index contributed by atoms with van der Waals surface area (Å²) in [5.74, 6) is 0.497. The Kier molecular flexibility index (Phi) is 2.69. The van der Waals surface area contributed by atoms with Gasteiger partial charge in [-0.1, -0.05) is 37.6 Å². The Hall–Kier alpha value is -0.690. The molecule has 0 amide bonds. The van der Waals surface area contributed by atoms with Gasteiger partial charge in [0.25, 0.3) is 0 Å². The van der Waals surface area contributed by atoms with Crippen LogP contribution >= 0.6 is 11.6 Å². The van der Waals surface area contributed by atoms with Gasteiger partial charge in [0.15, 0.2) is 0 Å². The van der Waals surface area contributed by atoms with Gasteiger partial charge < -0.3 is 5.32 Å². The van der Waals surface area contributed by atoms with Crippen LogP contribution in [0.1, 0.15) is 37.3 Å². The van der Waals surface area contributed by atoms with Crippen molar-refractivity contribution in [1.29, 1.82) is 0 Å². The third-order valence-corrected chi connectivity index (χ3v) is 3.21. The number of fused-ring (bicyclic) bond motifs is 1. The predicted octanol–water partition coefficient (Wildman–Crippen LogP) is 3.82. The van der Waals surface area contributed by atoms with Crippen LogP contribution in [0.3, 0.4) is 0 Å². The molecule has 0 saturated carbocycles. The summed E-state index contributed by atoms with van der Waals surface area (Å²) in [6, 6.07) is 4.38. The van der Waals surface area contributed by atoms with Crippen molar-refractivity contribution in [3.8, 4) is 0 Å². The zero-order chi connectivity index (χ0) is 10.1. The summed E-state index contributed by atoms with van der Waals surface area (Å²) in [5, 5.41) is 4.32. The van der Waals surface area contributed by atoms with Crippen molar-refractivity contribution < 1.29 is 0 Å². The Bertz CT molecular complexity index is 344. The van der Waals surface area contributed by atoms with Crippen LogP contribution in [0.15, 0.2) is 12.1 Å². The van der Waals surface area contributed by atoms with Crippen molar-refractivity contribution in [2.45, 2.75) is 32.6 Å². The number of halogens is 1. The largest absolute Gasteiger partial charge is 0.384 e. The molecule has 1 aromatic rings. The van der Waals surface area contributed by atoms with Gasteiger partial charge in [-0.25, -0.2) is 0 Å². The second-order valence-corrected chi connectivity index (χ2v) is 4.57. The molecule has 0 aromatic heterocycles. The molecule has 76 valence electrons. The normalized spacial score (nSPS) is 15.1. The molecule has 0 saturated heterocycles. The second-order valence-electron chi connectivity index (χ2n) is 4.19. The molecule has 1 aliphatic rings. The summed E-state index contributed by atoms with van der Waals surface area (Å²) in [7, 11) is 0. The monoisotopic (exact) mass is 209 g/mol. The Balaban J connectivity index is 2.49.